The highest BCUT2D eigenvalue weighted by Crippen LogP contribution is 2.25. The van der Waals surface area contributed by atoms with Gasteiger partial charge in [-0.15, -0.1) is 12.4 Å². The molecule has 2 aromatic rings. The highest BCUT2D eigenvalue weighted by atomic mass is 35.5. The van der Waals surface area contributed by atoms with Crippen molar-refractivity contribution in [2.24, 2.45) is 0 Å². The van der Waals surface area contributed by atoms with E-state index in [9.17, 15) is 4.79 Å². The number of carbonyl (C=O) groups excluding carboxylic acids is 1. The molecule has 134 valence electrons. The van der Waals surface area contributed by atoms with E-state index in [-0.39, 0.29) is 24.4 Å². The summed E-state index contributed by atoms with van der Waals surface area (Å²) in [7, 11) is 1.69. The predicted molar refractivity (Wildman–Crippen MR) is 104 cm³/mol. The van der Waals surface area contributed by atoms with Crippen molar-refractivity contribution in [2.45, 2.75) is 32.4 Å². The SMILES string of the molecule is COc1ccccc1CNC(C)c1cccc(N2CCCC2=O)c1.Cl. The van der Waals surface area contributed by atoms with E-state index in [1.165, 1.54) is 5.56 Å². The number of hydrogen-bond acceptors (Lipinski definition) is 3. The summed E-state index contributed by atoms with van der Waals surface area (Å²) in [6.45, 7) is 3.70. The van der Waals surface area contributed by atoms with Gasteiger partial charge in [0, 0.05) is 36.8 Å². The normalized spacial score (nSPS) is 15.0. The van der Waals surface area contributed by atoms with Gasteiger partial charge in [0.05, 0.1) is 7.11 Å². The molecule has 0 aromatic heterocycles. The highest BCUT2D eigenvalue weighted by molar-refractivity contribution is 5.95. The minimum Gasteiger partial charge on any atom is -0.496 e. The number of amides is 1. The lowest BCUT2D eigenvalue weighted by molar-refractivity contribution is -0.117. The molecule has 0 radical (unpaired) electrons. The number of hydrogen-bond donors (Lipinski definition) is 1. The quantitative estimate of drug-likeness (QED) is 0.843. The first-order chi connectivity index (χ1) is 11.7. The van der Waals surface area contributed by atoms with Crippen LogP contribution in [0.1, 0.15) is 36.9 Å². The number of rotatable bonds is 6. The molecule has 1 aliphatic heterocycles. The third-order valence-corrected chi connectivity index (χ3v) is 4.55. The van der Waals surface area contributed by atoms with E-state index in [4.69, 9.17) is 4.74 Å². The van der Waals surface area contributed by atoms with E-state index < -0.39 is 0 Å². The molecule has 5 heteroatoms. The lowest BCUT2D eigenvalue weighted by atomic mass is 10.1. The second-order valence-corrected chi connectivity index (χ2v) is 6.16. The number of halogens is 1. The number of carbonyl (C=O) groups is 1. The van der Waals surface area contributed by atoms with Gasteiger partial charge < -0.3 is 15.0 Å². The average Bonchev–Trinajstić information content (AvgIpc) is 3.06. The largest absolute Gasteiger partial charge is 0.496 e. The maximum atomic E-state index is 11.9. The maximum absolute atomic E-state index is 11.9. The maximum Gasteiger partial charge on any atom is 0.227 e. The molecule has 0 saturated carbocycles. The zero-order valence-electron chi connectivity index (χ0n) is 14.7. The average molecular weight is 361 g/mol. The van der Waals surface area contributed by atoms with Gasteiger partial charge in [-0.3, -0.25) is 4.79 Å². The highest BCUT2D eigenvalue weighted by Gasteiger charge is 2.22. The van der Waals surface area contributed by atoms with Crippen molar-refractivity contribution in [3.8, 4) is 5.75 Å². The van der Waals surface area contributed by atoms with Crippen LogP contribution in [0.2, 0.25) is 0 Å². The Morgan fingerprint density at radius 2 is 2.00 bits per heavy atom. The minimum atomic E-state index is 0. The van der Waals surface area contributed by atoms with Crippen LogP contribution in [-0.4, -0.2) is 19.6 Å². The Bertz CT molecular complexity index is 720. The molecular weight excluding hydrogens is 336 g/mol. The van der Waals surface area contributed by atoms with Crippen LogP contribution in [0.5, 0.6) is 5.75 Å². The van der Waals surface area contributed by atoms with E-state index in [0.717, 1.165) is 36.5 Å². The van der Waals surface area contributed by atoms with Crippen molar-refractivity contribution in [3.63, 3.8) is 0 Å². The van der Waals surface area contributed by atoms with Gasteiger partial charge in [-0.25, -0.2) is 0 Å². The number of nitrogens with zero attached hydrogens (tertiary/aromatic N) is 1. The zero-order valence-corrected chi connectivity index (χ0v) is 15.5. The molecule has 2 aromatic carbocycles. The Balaban J connectivity index is 0.00000225. The summed E-state index contributed by atoms with van der Waals surface area (Å²) >= 11 is 0. The molecule has 1 N–H and O–H groups in total. The van der Waals surface area contributed by atoms with Crippen LogP contribution in [0.4, 0.5) is 5.69 Å². The van der Waals surface area contributed by atoms with Crippen molar-refractivity contribution in [2.75, 3.05) is 18.6 Å². The van der Waals surface area contributed by atoms with Crippen molar-refractivity contribution in [3.05, 3.63) is 59.7 Å². The van der Waals surface area contributed by atoms with Crippen molar-refractivity contribution in [1.29, 1.82) is 0 Å². The van der Waals surface area contributed by atoms with Gasteiger partial charge in [0.1, 0.15) is 5.75 Å². The standard InChI is InChI=1S/C20H24N2O2.ClH/c1-15(21-14-17-7-3-4-10-19(17)24-2)16-8-5-9-18(13-16)22-12-6-11-20(22)23;/h3-5,7-10,13,15,21H,6,11-12,14H2,1-2H3;1H. The van der Waals surface area contributed by atoms with Gasteiger partial charge in [0.2, 0.25) is 5.91 Å². The molecule has 0 bridgehead atoms. The molecule has 1 fully saturated rings. The molecule has 1 unspecified atom stereocenters. The number of methoxy groups -OCH3 is 1. The number of benzene rings is 2. The number of para-hydroxylation sites is 1. The van der Waals surface area contributed by atoms with E-state index in [2.05, 4.69) is 30.4 Å². The molecule has 1 aliphatic rings. The third-order valence-electron chi connectivity index (χ3n) is 4.55. The summed E-state index contributed by atoms with van der Waals surface area (Å²) in [5, 5.41) is 3.54. The van der Waals surface area contributed by atoms with Crippen LogP contribution in [-0.2, 0) is 11.3 Å². The first kappa shape index (κ1) is 19.3. The van der Waals surface area contributed by atoms with Crippen LogP contribution < -0.4 is 15.0 Å². The van der Waals surface area contributed by atoms with Gasteiger partial charge in [0.25, 0.3) is 0 Å². The predicted octanol–water partition coefficient (Wildman–Crippen LogP) is 4.09. The first-order valence-corrected chi connectivity index (χ1v) is 8.44. The van der Waals surface area contributed by atoms with Crippen molar-refractivity contribution < 1.29 is 9.53 Å². The fraction of sp³-hybridized carbons (Fsp3) is 0.350. The van der Waals surface area contributed by atoms with Crippen LogP contribution in [0, 0.1) is 0 Å². The van der Waals surface area contributed by atoms with E-state index in [1.54, 1.807) is 7.11 Å². The molecule has 0 spiro atoms. The van der Waals surface area contributed by atoms with E-state index in [0.29, 0.717) is 6.42 Å². The summed E-state index contributed by atoms with van der Waals surface area (Å²) in [6.07, 6.45) is 1.61. The molecule has 1 heterocycles. The van der Waals surface area contributed by atoms with Gasteiger partial charge >= 0.3 is 0 Å². The lowest BCUT2D eigenvalue weighted by Crippen LogP contribution is -2.24. The molecular formula is C20H25ClN2O2. The van der Waals surface area contributed by atoms with E-state index in [1.807, 2.05) is 35.2 Å². The smallest absolute Gasteiger partial charge is 0.227 e. The summed E-state index contributed by atoms with van der Waals surface area (Å²) < 4.78 is 5.40. The summed E-state index contributed by atoms with van der Waals surface area (Å²) in [5.74, 6) is 1.12. The van der Waals surface area contributed by atoms with Crippen molar-refractivity contribution >= 4 is 24.0 Å². The van der Waals surface area contributed by atoms with Gasteiger partial charge in [-0.05, 0) is 37.1 Å². The Morgan fingerprint density at radius 1 is 1.20 bits per heavy atom. The summed E-state index contributed by atoms with van der Waals surface area (Å²) in [5.41, 5.74) is 3.32. The Kier molecular flexibility index (Phi) is 6.85. The van der Waals surface area contributed by atoms with Gasteiger partial charge in [0.15, 0.2) is 0 Å². The third kappa shape index (κ3) is 4.53. The molecule has 1 saturated heterocycles. The van der Waals surface area contributed by atoms with Crippen LogP contribution in [0.15, 0.2) is 48.5 Å². The fourth-order valence-corrected chi connectivity index (χ4v) is 3.11. The number of nitrogens with one attached hydrogen (secondary N) is 1. The molecule has 25 heavy (non-hydrogen) atoms. The zero-order chi connectivity index (χ0) is 16.9. The lowest BCUT2D eigenvalue weighted by Gasteiger charge is -2.20. The molecule has 1 amide bonds. The second-order valence-electron chi connectivity index (χ2n) is 6.16. The Morgan fingerprint density at radius 3 is 2.72 bits per heavy atom. The number of ether oxygens (including phenoxy) is 1. The van der Waals surface area contributed by atoms with Crippen LogP contribution >= 0.6 is 12.4 Å². The van der Waals surface area contributed by atoms with Gasteiger partial charge in [-0.2, -0.15) is 0 Å². The van der Waals surface area contributed by atoms with E-state index >= 15 is 0 Å². The molecule has 0 aliphatic carbocycles. The Hall–Kier alpha value is -2.04. The van der Waals surface area contributed by atoms with Crippen LogP contribution in [0.3, 0.4) is 0 Å². The summed E-state index contributed by atoms with van der Waals surface area (Å²) in [4.78, 5) is 13.8. The molecule has 3 rings (SSSR count). The topological polar surface area (TPSA) is 41.6 Å². The molecule has 1 atom stereocenters. The van der Waals surface area contributed by atoms with Gasteiger partial charge in [-0.1, -0.05) is 30.3 Å². The minimum absolute atomic E-state index is 0. The number of anilines is 1. The molecule has 4 nitrogen and oxygen atoms in total. The first-order valence-electron chi connectivity index (χ1n) is 8.44. The monoisotopic (exact) mass is 360 g/mol. The Labute approximate surface area is 155 Å². The van der Waals surface area contributed by atoms with Crippen molar-refractivity contribution in [1.82, 2.24) is 5.32 Å². The fourth-order valence-electron chi connectivity index (χ4n) is 3.11. The summed E-state index contributed by atoms with van der Waals surface area (Å²) in [6, 6.07) is 16.5. The van der Waals surface area contributed by atoms with Crippen LogP contribution in [0.25, 0.3) is 0 Å². The second kappa shape index (κ2) is 8.88.